The predicted molar refractivity (Wildman–Crippen MR) is 63.1 cm³/mol. The SMILES string of the molecule is C[C@]12C=C(C3CCCCO3)O[C@H]1CCCC2. The predicted octanol–water partition coefficient (Wildman–Crippen LogP) is 3.42. The van der Waals surface area contributed by atoms with Crippen molar-refractivity contribution < 1.29 is 9.47 Å². The third-order valence-electron chi connectivity index (χ3n) is 4.41. The third kappa shape index (κ3) is 1.77. The lowest BCUT2D eigenvalue weighted by atomic mass is 9.74. The Kier molecular flexibility index (Phi) is 2.70. The fraction of sp³-hybridized carbons (Fsp3) is 0.857. The van der Waals surface area contributed by atoms with Gasteiger partial charge in [-0.05, 0) is 44.6 Å². The van der Waals surface area contributed by atoms with E-state index in [0.29, 0.717) is 11.5 Å². The number of hydrogen-bond donors (Lipinski definition) is 0. The molecule has 0 spiro atoms. The van der Waals surface area contributed by atoms with Crippen LogP contribution in [0.3, 0.4) is 0 Å². The molecular formula is C14H22O2. The van der Waals surface area contributed by atoms with E-state index in [1.165, 1.54) is 38.5 Å². The van der Waals surface area contributed by atoms with Gasteiger partial charge in [0, 0.05) is 12.0 Å². The molecular weight excluding hydrogens is 200 g/mol. The lowest BCUT2D eigenvalue weighted by Crippen LogP contribution is -2.31. The largest absolute Gasteiger partial charge is 0.491 e. The molecule has 0 aromatic rings. The van der Waals surface area contributed by atoms with Crippen LogP contribution in [0.15, 0.2) is 11.8 Å². The standard InChI is InChI=1S/C14H22O2/c1-14-8-4-2-7-13(14)16-12(10-14)11-6-3-5-9-15-11/h10-11,13H,2-9H2,1H3/t11?,13-,14-/m0/s1. The summed E-state index contributed by atoms with van der Waals surface area (Å²) in [6.07, 6.45) is 11.9. The minimum absolute atomic E-state index is 0.260. The molecule has 2 nitrogen and oxygen atoms in total. The summed E-state index contributed by atoms with van der Waals surface area (Å²) >= 11 is 0. The lowest BCUT2D eigenvalue weighted by molar-refractivity contribution is -0.0287. The van der Waals surface area contributed by atoms with Crippen LogP contribution in [0, 0.1) is 5.41 Å². The minimum Gasteiger partial charge on any atom is -0.491 e. The quantitative estimate of drug-likeness (QED) is 0.677. The van der Waals surface area contributed by atoms with Gasteiger partial charge in [0.1, 0.15) is 18.0 Å². The van der Waals surface area contributed by atoms with Crippen LogP contribution in [-0.2, 0) is 9.47 Å². The molecule has 0 amide bonds. The molecule has 0 aromatic carbocycles. The summed E-state index contributed by atoms with van der Waals surface area (Å²) in [5.74, 6) is 1.15. The molecule has 90 valence electrons. The maximum absolute atomic E-state index is 6.14. The Labute approximate surface area is 98.0 Å². The Bertz CT molecular complexity index is 291. The summed E-state index contributed by atoms with van der Waals surface area (Å²) in [4.78, 5) is 0. The van der Waals surface area contributed by atoms with E-state index in [-0.39, 0.29) is 6.10 Å². The minimum atomic E-state index is 0.260. The zero-order chi connectivity index (χ0) is 11.0. The van der Waals surface area contributed by atoms with Crippen LogP contribution in [-0.4, -0.2) is 18.8 Å². The molecule has 0 radical (unpaired) electrons. The summed E-state index contributed by atoms with van der Waals surface area (Å²) < 4.78 is 12.0. The average molecular weight is 222 g/mol. The first-order valence-electron chi connectivity index (χ1n) is 6.79. The molecule has 16 heavy (non-hydrogen) atoms. The van der Waals surface area contributed by atoms with Gasteiger partial charge < -0.3 is 9.47 Å². The van der Waals surface area contributed by atoms with E-state index in [1.807, 2.05) is 0 Å². The van der Waals surface area contributed by atoms with Crippen molar-refractivity contribution in [3.8, 4) is 0 Å². The lowest BCUT2D eigenvalue weighted by Gasteiger charge is -2.33. The topological polar surface area (TPSA) is 18.5 Å². The van der Waals surface area contributed by atoms with Crippen LogP contribution in [0.1, 0.15) is 51.9 Å². The summed E-state index contributed by atoms with van der Waals surface area (Å²) in [6, 6.07) is 0. The van der Waals surface area contributed by atoms with Crippen molar-refractivity contribution in [2.75, 3.05) is 6.61 Å². The maximum atomic E-state index is 6.14. The highest BCUT2D eigenvalue weighted by Gasteiger charge is 2.43. The summed E-state index contributed by atoms with van der Waals surface area (Å²) in [7, 11) is 0. The first-order chi connectivity index (χ1) is 7.78. The molecule has 3 aliphatic rings. The molecule has 0 bridgehead atoms. The average Bonchev–Trinajstić information content (AvgIpc) is 2.67. The second-order valence-corrected chi connectivity index (χ2v) is 5.76. The molecule has 1 saturated heterocycles. The van der Waals surface area contributed by atoms with Gasteiger partial charge in [0.05, 0.1) is 0 Å². The van der Waals surface area contributed by atoms with Gasteiger partial charge >= 0.3 is 0 Å². The Morgan fingerprint density at radius 2 is 2.06 bits per heavy atom. The van der Waals surface area contributed by atoms with Gasteiger partial charge in [0.2, 0.25) is 0 Å². The summed E-state index contributed by atoms with van der Waals surface area (Å²) in [6.45, 7) is 3.26. The molecule has 2 aliphatic heterocycles. The Morgan fingerprint density at radius 3 is 2.81 bits per heavy atom. The van der Waals surface area contributed by atoms with E-state index >= 15 is 0 Å². The van der Waals surface area contributed by atoms with Crippen LogP contribution >= 0.6 is 0 Å². The number of fused-ring (bicyclic) bond motifs is 1. The normalized spacial score (nSPS) is 43.4. The van der Waals surface area contributed by atoms with E-state index in [2.05, 4.69) is 13.0 Å². The second-order valence-electron chi connectivity index (χ2n) is 5.76. The highest BCUT2D eigenvalue weighted by Crippen LogP contribution is 2.46. The highest BCUT2D eigenvalue weighted by atomic mass is 16.5. The van der Waals surface area contributed by atoms with Crippen molar-refractivity contribution in [3.63, 3.8) is 0 Å². The smallest absolute Gasteiger partial charge is 0.122 e. The number of hydrogen-bond acceptors (Lipinski definition) is 2. The van der Waals surface area contributed by atoms with Crippen molar-refractivity contribution in [1.29, 1.82) is 0 Å². The van der Waals surface area contributed by atoms with Gasteiger partial charge in [-0.25, -0.2) is 0 Å². The first kappa shape index (κ1) is 10.6. The monoisotopic (exact) mass is 222 g/mol. The molecule has 2 heteroatoms. The molecule has 1 saturated carbocycles. The summed E-state index contributed by atoms with van der Waals surface area (Å²) in [5.41, 5.74) is 0.300. The zero-order valence-corrected chi connectivity index (χ0v) is 10.2. The number of ether oxygens (including phenoxy) is 2. The van der Waals surface area contributed by atoms with Crippen LogP contribution in [0.4, 0.5) is 0 Å². The molecule has 1 unspecified atom stereocenters. The van der Waals surface area contributed by atoms with E-state index in [0.717, 1.165) is 18.8 Å². The van der Waals surface area contributed by atoms with Gasteiger partial charge in [-0.3, -0.25) is 0 Å². The molecule has 3 atom stereocenters. The maximum Gasteiger partial charge on any atom is 0.122 e. The first-order valence-corrected chi connectivity index (χ1v) is 6.79. The van der Waals surface area contributed by atoms with Crippen LogP contribution < -0.4 is 0 Å². The molecule has 3 rings (SSSR count). The van der Waals surface area contributed by atoms with Crippen LogP contribution in [0.5, 0.6) is 0 Å². The van der Waals surface area contributed by atoms with E-state index in [9.17, 15) is 0 Å². The molecule has 1 aliphatic carbocycles. The van der Waals surface area contributed by atoms with E-state index < -0.39 is 0 Å². The van der Waals surface area contributed by atoms with Crippen LogP contribution in [0.25, 0.3) is 0 Å². The van der Waals surface area contributed by atoms with Gasteiger partial charge in [0.25, 0.3) is 0 Å². The van der Waals surface area contributed by atoms with Crippen molar-refractivity contribution in [1.82, 2.24) is 0 Å². The highest BCUT2D eigenvalue weighted by molar-refractivity contribution is 5.17. The third-order valence-corrected chi connectivity index (χ3v) is 4.41. The van der Waals surface area contributed by atoms with Gasteiger partial charge in [-0.1, -0.05) is 13.3 Å². The molecule has 0 aromatic heterocycles. The molecule has 0 N–H and O–H groups in total. The fourth-order valence-electron chi connectivity index (χ4n) is 3.34. The van der Waals surface area contributed by atoms with Crippen molar-refractivity contribution >= 4 is 0 Å². The summed E-state index contributed by atoms with van der Waals surface area (Å²) in [5, 5.41) is 0. The Morgan fingerprint density at radius 1 is 1.19 bits per heavy atom. The Balaban J connectivity index is 1.74. The van der Waals surface area contributed by atoms with Gasteiger partial charge in [-0.15, -0.1) is 0 Å². The van der Waals surface area contributed by atoms with Gasteiger partial charge in [-0.2, -0.15) is 0 Å². The van der Waals surface area contributed by atoms with Crippen molar-refractivity contribution in [3.05, 3.63) is 11.8 Å². The Hall–Kier alpha value is -0.500. The molecule has 2 fully saturated rings. The zero-order valence-electron chi connectivity index (χ0n) is 10.2. The second kappa shape index (κ2) is 4.06. The fourth-order valence-corrected chi connectivity index (χ4v) is 3.34. The molecule has 2 heterocycles. The van der Waals surface area contributed by atoms with Crippen molar-refractivity contribution in [2.45, 2.75) is 64.1 Å². The van der Waals surface area contributed by atoms with Crippen molar-refractivity contribution in [2.24, 2.45) is 5.41 Å². The van der Waals surface area contributed by atoms with Gasteiger partial charge in [0.15, 0.2) is 0 Å². The van der Waals surface area contributed by atoms with E-state index in [1.54, 1.807) is 0 Å². The van der Waals surface area contributed by atoms with Crippen LogP contribution in [0.2, 0.25) is 0 Å². The van der Waals surface area contributed by atoms with E-state index in [4.69, 9.17) is 9.47 Å². The number of rotatable bonds is 1.